The minimum atomic E-state index is -0.0282. The van der Waals surface area contributed by atoms with E-state index in [2.05, 4.69) is 6.07 Å². The summed E-state index contributed by atoms with van der Waals surface area (Å²) < 4.78 is 5.45. The first-order chi connectivity index (χ1) is 6.22. The molecule has 1 N–H and O–H groups in total. The number of benzene rings is 1. The molecule has 1 aromatic heterocycles. The van der Waals surface area contributed by atoms with Crippen LogP contribution >= 0.6 is 0 Å². The Morgan fingerprint density at radius 3 is 2.77 bits per heavy atom. The molecular formula is C11H12O2. The van der Waals surface area contributed by atoms with Crippen molar-refractivity contribution in [3.05, 3.63) is 35.1 Å². The first kappa shape index (κ1) is 8.32. The molecule has 0 saturated heterocycles. The molecule has 0 unspecified atom stereocenters. The van der Waals surface area contributed by atoms with Crippen LogP contribution in [0, 0.1) is 13.8 Å². The molecule has 2 aromatic rings. The third kappa shape index (κ3) is 1.23. The van der Waals surface area contributed by atoms with E-state index in [1.54, 1.807) is 0 Å². The summed E-state index contributed by atoms with van der Waals surface area (Å²) in [5.41, 5.74) is 3.11. The topological polar surface area (TPSA) is 33.4 Å². The highest BCUT2D eigenvalue weighted by Gasteiger charge is 2.08. The second-order valence-electron chi connectivity index (χ2n) is 3.31. The molecule has 0 amide bonds. The molecule has 2 heteroatoms. The smallest absolute Gasteiger partial charge is 0.134 e. The highest BCUT2D eigenvalue weighted by molar-refractivity contribution is 5.82. The molecular weight excluding hydrogens is 164 g/mol. The van der Waals surface area contributed by atoms with E-state index < -0.39 is 0 Å². The largest absolute Gasteiger partial charge is 0.458 e. The van der Waals surface area contributed by atoms with Gasteiger partial charge in [0.15, 0.2) is 0 Å². The Hall–Kier alpha value is -1.28. The highest BCUT2D eigenvalue weighted by Crippen LogP contribution is 2.25. The average molecular weight is 176 g/mol. The summed E-state index contributed by atoms with van der Waals surface area (Å²) in [6.45, 7) is 3.99. The van der Waals surface area contributed by atoms with Crippen molar-refractivity contribution in [2.45, 2.75) is 20.5 Å². The molecule has 2 rings (SSSR count). The van der Waals surface area contributed by atoms with Gasteiger partial charge in [-0.15, -0.1) is 0 Å². The van der Waals surface area contributed by atoms with Gasteiger partial charge in [0.05, 0.1) is 0 Å². The maximum absolute atomic E-state index is 9.00. The van der Waals surface area contributed by atoms with Crippen molar-refractivity contribution < 1.29 is 9.52 Å². The molecule has 0 bridgehead atoms. The zero-order chi connectivity index (χ0) is 9.42. The summed E-state index contributed by atoms with van der Waals surface area (Å²) in [7, 11) is 0. The first-order valence-corrected chi connectivity index (χ1v) is 4.32. The molecule has 0 fully saturated rings. The van der Waals surface area contributed by atoms with Crippen LogP contribution in [-0.4, -0.2) is 5.11 Å². The van der Waals surface area contributed by atoms with E-state index in [-0.39, 0.29) is 6.61 Å². The summed E-state index contributed by atoms with van der Waals surface area (Å²) in [4.78, 5) is 0. The Morgan fingerprint density at radius 1 is 1.31 bits per heavy atom. The van der Waals surface area contributed by atoms with Crippen LogP contribution in [0.2, 0.25) is 0 Å². The zero-order valence-corrected chi connectivity index (χ0v) is 7.79. The Labute approximate surface area is 76.8 Å². The number of aryl methyl sites for hydroxylation is 2. The van der Waals surface area contributed by atoms with Crippen molar-refractivity contribution in [3.63, 3.8) is 0 Å². The third-order valence-corrected chi connectivity index (χ3v) is 2.33. The summed E-state index contributed by atoms with van der Waals surface area (Å²) in [5, 5.41) is 10.1. The minimum absolute atomic E-state index is 0.0282. The van der Waals surface area contributed by atoms with Crippen LogP contribution in [0.1, 0.15) is 16.9 Å². The van der Waals surface area contributed by atoms with E-state index in [4.69, 9.17) is 9.52 Å². The Balaban J connectivity index is 2.77. The molecule has 0 spiro atoms. The third-order valence-electron chi connectivity index (χ3n) is 2.33. The summed E-state index contributed by atoms with van der Waals surface area (Å²) in [6.07, 6.45) is 0. The number of furan rings is 1. The van der Waals surface area contributed by atoms with E-state index in [1.807, 2.05) is 26.0 Å². The second kappa shape index (κ2) is 2.89. The molecule has 0 aliphatic rings. The number of fused-ring (bicyclic) bond motifs is 1. The van der Waals surface area contributed by atoms with Gasteiger partial charge in [-0.25, -0.2) is 0 Å². The average Bonchev–Trinajstić information content (AvgIpc) is 2.44. The lowest BCUT2D eigenvalue weighted by Gasteiger charge is -1.91. The normalized spacial score (nSPS) is 11.0. The van der Waals surface area contributed by atoms with E-state index in [1.165, 1.54) is 5.56 Å². The van der Waals surface area contributed by atoms with E-state index in [9.17, 15) is 0 Å². The van der Waals surface area contributed by atoms with Gasteiger partial charge in [-0.3, -0.25) is 0 Å². The van der Waals surface area contributed by atoms with Crippen LogP contribution in [0.4, 0.5) is 0 Å². The first-order valence-electron chi connectivity index (χ1n) is 4.32. The molecule has 68 valence electrons. The molecule has 0 saturated carbocycles. The predicted molar refractivity (Wildman–Crippen MR) is 51.6 cm³/mol. The second-order valence-corrected chi connectivity index (χ2v) is 3.31. The number of aliphatic hydroxyl groups is 1. The van der Waals surface area contributed by atoms with Gasteiger partial charge in [-0.05, 0) is 26.0 Å². The summed E-state index contributed by atoms with van der Waals surface area (Å²) >= 11 is 0. The van der Waals surface area contributed by atoms with Crippen LogP contribution in [-0.2, 0) is 6.61 Å². The van der Waals surface area contributed by atoms with Crippen molar-refractivity contribution in [2.75, 3.05) is 0 Å². The van der Waals surface area contributed by atoms with E-state index >= 15 is 0 Å². The van der Waals surface area contributed by atoms with Gasteiger partial charge in [0, 0.05) is 10.9 Å². The molecule has 2 nitrogen and oxygen atoms in total. The minimum Gasteiger partial charge on any atom is -0.458 e. The highest BCUT2D eigenvalue weighted by atomic mass is 16.4. The molecule has 0 aliphatic carbocycles. The van der Waals surface area contributed by atoms with Crippen molar-refractivity contribution in [2.24, 2.45) is 0 Å². The Kier molecular flexibility index (Phi) is 1.85. The predicted octanol–water partition coefficient (Wildman–Crippen LogP) is 2.54. The van der Waals surface area contributed by atoms with Crippen molar-refractivity contribution >= 4 is 11.0 Å². The molecule has 13 heavy (non-hydrogen) atoms. The van der Waals surface area contributed by atoms with Crippen molar-refractivity contribution in [1.29, 1.82) is 0 Å². The fraction of sp³-hybridized carbons (Fsp3) is 0.273. The maximum Gasteiger partial charge on any atom is 0.134 e. The Morgan fingerprint density at radius 2 is 2.08 bits per heavy atom. The van der Waals surface area contributed by atoms with Crippen LogP contribution in [0.5, 0.6) is 0 Å². The van der Waals surface area contributed by atoms with Crippen LogP contribution < -0.4 is 0 Å². The lowest BCUT2D eigenvalue weighted by molar-refractivity contribution is 0.250. The van der Waals surface area contributed by atoms with Gasteiger partial charge in [-0.1, -0.05) is 11.6 Å². The molecule has 0 radical (unpaired) electrons. The Bertz CT molecular complexity index is 441. The van der Waals surface area contributed by atoms with Crippen molar-refractivity contribution in [3.8, 4) is 0 Å². The molecule has 1 heterocycles. The lowest BCUT2D eigenvalue weighted by atomic mass is 10.1. The molecule has 0 atom stereocenters. The molecule has 1 aromatic carbocycles. The maximum atomic E-state index is 9.00. The molecule has 0 aliphatic heterocycles. The number of rotatable bonds is 1. The number of aliphatic hydroxyl groups excluding tert-OH is 1. The van der Waals surface area contributed by atoms with Crippen molar-refractivity contribution in [1.82, 2.24) is 0 Å². The number of hydrogen-bond donors (Lipinski definition) is 1. The SMILES string of the molecule is Cc1ccc2oc(CO)c(C)c2c1. The lowest BCUT2D eigenvalue weighted by Crippen LogP contribution is -1.80. The summed E-state index contributed by atoms with van der Waals surface area (Å²) in [5.74, 6) is 0.667. The van der Waals surface area contributed by atoms with E-state index in [0.717, 1.165) is 16.5 Å². The monoisotopic (exact) mass is 176 g/mol. The van der Waals surface area contributed by atoms with Crippen LogP contribution in [0.15, 0.2) is 22.6 Å². The summed E-state index contributed by atoms with van der Waals surface area (Å²) in [6, 6.07) is 6.02. The quantitative estimate of drug-likeness (QED) is 0.724. The van der Waals surface area contributed by atoms with Gasteiger partial charge >= 0.3 is 0 Å². The fourth-order valence-electron chi connectivity index (χ4n) is 1.54. The van der Waals surface area contributed by atoms with Crippen LogP contribution in [0.3, 0.4) is 0 Å². The number of hydrogen-bond acceptors (Lipinski definition) is 2. The van der Waals surface area contributed by atoms with Gasteiger partial charge in [0.25, 0.3) is 0 Å². The fourth-order valence-corrected chi connectivity index (χ4v) is 1.54. The van der Waals surface area contributed by atoms with Gasteiger partial charge < -0.3 is 9.52 Å². The van der Waals surface area contributed by atoms with Crippen LogP contribution in [0.25, 0.3) is 11.0 Å². The standard InChI is InChI=1S/C11H12O2/c1-7-3-4-10-9(5-7)8(2)11(6-12)13-10/h3-5,12H,6H2,1-2H3. The van der Waals surface area contributed by atoms with Gasteiger partial charge in [0.1, 0.15) is 18.0 Å². The van der Waals surface area contributed by atoms with Gasteiger partial charge in [-0.2, -0.15) is 0 Å². The van der Waals surface area contributed by atoms with Gasteiger partial charge in [0.2, 0.25) is 0 Å². The van der Waals surface area contributed by atoms with E-state index in [0.29, 0.717) is 5.76 Å². The zero-order valence-electron chi connectivity index (χ0n) is 7.79.